The zero-order valence-corrected chi connectivity index (χ0v) is 11.1. The summed E-state index contributed by atoms with van der Waals surface area (Å²) >= 11 is 0. The first-order valence-corrected chi connectivity index (χ1v) is 6.32. The zero-order valence-electron chi connectivity index (χ0n) is 11.1. The normalized spacial score (nSPS) is 10.4. The van der Waals surface area contributed by atoms with Crippen LogP contribution in [0, 0.1) is 6.92 Å². The van der Waals surface area contributed by atoms with E-state index in [1.165, 1.54) is 0 Å². The standard InChI is InChI=1S/C14H14N6/c1-11-7-8-12(9-15-11)10-16-14-17-18-19-20(14)13-5-3-2-4-6-13/h2-9H,10H2,1H3,(H,16,17,19). The van der Waals surface area contributed by atoms with Gasteiger partial charge in [-0.25, -0.2) is 0 Å². The highest BCUT2D eigenvalue weighted by atomic mass is 15.6. The Hall–Kier alpha value is -2.76. The molecule has 6 nitrogen and oxygen atoms in total. The van der Waals surface area contributed by atoms with Gasteiger partial charge < -0.3 is 5.32 Å². The summed E-state index contributed by atoms with van der Waals surface area (Å²) in [6.07, 6.45) is 1.85. The SMILES string of the molecule is Cc1ccc(CNc2nnnn2-c2ccccc2)cn1. The van der Waals surface area contributed by atoms with Crippen molar-refractivity contribution in [2.75, 3.05) is 5.32 Å². The van der Waals surface area contributed by atoms with Crippen LogP contribution in [0.1, 0.15) is 11.3 Å². The van der Waals surface area contributed by atoms with E-state index < -0.39 is 0 Å². The van der Waals surface area contributed by atoms with Gasteiger partial charge in [-0.3, -0.25) is 4.98 Å². The monoisotopic (exact) mass is 266 g/mol. The molecule has 0 unspecified atom stereocenters. The molecule has 0 aliphatic rings. The van der Waals surface area contributed by atoms with Crippen LogP contribution in [0.2, 0.25) is 0 Å². The topological polar surface area (TPSA) is 68.5 Å². The molecule has 20 heavy (non-hydrogen) atoms. The smallest absolute Gasteiger partial charge is 0.248 e. The molecule has 0 spiro atoms. The molecule has 100 valence electrons. The largest absolute Gasteiger partial charge is 0.349 e. The van der Waals surface area contributed by atoms with Crippen LogP contribution in [0.25, 0.3) is 5.69 Å². The average molecular weight is 266 g/mol. The fraction of sp³-hybridized carbons (Fsp3) is 0.143. The molecule has 2 heterocycles. The van der Waals surface area contributed by atoms with E-state index in [1.807, 2.05) is 55.6 Å². The third-order valence-corrected chi connectivity index (χ3v) is 2.89. The van der Waals surface area contributed by atoms with Gasteiger partial charge in [0.2, 0.25) is 5.95 Å². The Morgan fingerprint density at radius 1 is 1.10 bits per heavy atom. The molecule has 6 heteroatoms. The molecule has 3 aromatic rings. The summed E-state index contributed by atoms with van der Waals surface area (Å²) < 4.78 is 1.67. The lowest BCUT2D eigenvalue weighted by molar-refractivity contribution is 0.789. The van der Waals surface area contributed by atoms with Crippen LogP contribution in [0.3, 0.4) is 0 Å². The van der Waals surface area contributed by atoms with Crippen molar-refractivity contribution in [1.82, 2.24) is 25.2 Å². The van der Waals surface area contributed by atoms with Crippen molar-refractivity contribution < 1.29 is 0 Å². The van der Waals surface area contributed by atoms with Gasteiger partial charge in [0.1, 0.15) is 0 Å². The van der Waals surface area contributed by atoms with E-state index in [-0.39, 0.29) is 0 Å². The highest BCUT2D eigenvalue weighted by molar-refractivity contribution is 5.38. The van der Waals surface area contributed by atoms with Gasteiger partial charge in [-0.1, -0.05) is 29.4 Å². The Morgan fingerprint density at radius 3 is 2.70 bits per heavy atom. The van der Waals surface area contributed by atoms with Gasteiger partial charge in [0.25, 0.3) is 0 Å². The Bertz CT molecular complexity index is 674. The van der Waals surface area contributed by atoms with Crippen molar-refractivity contribution in [3.8, 4) is 5.69 Å². The molecule has 1 aromatic carbocycles. The number of aryl methyl sites for hydroxylation is 1. The van der Waals surface area contributed by atoms with Crippen molar-refractivity contribution in [3.05, 3.63) is 59.9 Å². The number of para-hydroxylation sites is 1. The summed E-state index contributed by atoms with van der Waals surface area (Å²) in [7, 11) is 0. The maximum absolute atomic E-state index is 4.26. The van der Waals surface area contributed by atoms with Gasteiger partial charge in [-0.05, 0) is 41.1 Å². The molecule has 2 aromatic heterocycles. The second-order valence-electron chi connectivity index (χ2n) is 4.41. The van der Waals surface area contributed by atoms with Crippen LogP contribution < -0.4 is 5.32 Å². The predicted octanol–water partition coefficient (Wildman–Crippen LogP) is 1.98. The lowest BCUT2D eigenvalue weighted by Gasteiger charge is -2.06. The van der Waals surface area contributed by atoms with Gasteiger partial charge in [0.15, 0.2) is 0 Å². The minimum Gasteiger partial charge on any atom is -0.349 e. The van der Waals surface area contributed by atoms with Crippen molar-refractivity contribution in [3.63, 3.8) is 0 Å². The molecule has 0 bridgehead atoms. The summed E-state index contributed by atoms with van der Waals surface area (Å²) in [6, 6.07) is 13.8. The fourth-order valence-electron chi connectivity index (χ4n) is 1.82. The third-order valence-electron chi connectivity index (χ3n) is 2.89. The third kappa shape index (κ3) is 2.64. The summed E-state index contributed by atoms with van der Waals surface area (Å²) in [5.41, 5.74) is 3.00. The number of nitrogens with zero attached hydrogens (tertiary/aromatic N) is 5. The number of rotatable bonds is 4. The second kappa shape index (κ2) is 5.48. The van der Waals surface area contributed by atoms with E-state index in [0.717, 1.165) is 16.9 Å². The van der Waals surface area contributed by atoms with Gasteiger partial charge in [-0.15, -0.1) is 0 Å². The molecule has 0 saturated heterocycles. The maximum Gasteiger partial charge on any atom is 0.248 e. The number of hydrogen-bond donors (Lipinski definition) is 1. The Balaban J connectivity index is 1.76. The fourth-order valence-corrected chi connectivity index (χ4v) is 1.82. The molecule has 0 saturated carbocycles. The van der Waals surface area contributed by atoms with Crippen molar-refractivity contribution >= 4 is 5.95 Å². The van der Waals surface area contributed by atoms with E-state index in [9.17, 15) is 0 Å². The lowest BCUT2D eigenvalue weighted by Crippen LogP contribution is -2.07. The second-order valence-corrected chi connectivity index (χ2v) is 4.41. The number of anilines is 1. The molecular formula is C14H14N6. The van der Waals surface area contributed by atoms with Crippen LogP contribution >= 0.6 is 0 Å². The summed E-state index contributed by atoms with van der Waals surface area (Å²) in [6.45, 7) is 2.59. The minimum atomic E-state index is 0.608. The number of hydrogen-bond acceptors (Lipinski definition) is 5. The molecule has 0 amide bonds. The van der Waals surface area contributed by atoms with Crippen LogP contribution in [-0.2, 0) is 6.54 Å². The van der Waals surface area contributed by atoms with Crippen LogP contribution in [0.5, 0.6) is 0 Å². The number of benzene rings is 1. The van der Waals surface area contributed by atoms with Gasteiger partial charge >= 0.3 is 0 Å². The van der Waals surface area contributed by atoms with E-state index in [0.29, 0.717) is 12.5 Å². The summed E-state index contributed by atoms with van der Waals surface area (Å²) in [5, 5.41) is 14.9. The first kappa shape index (κ1) is 12.3. The minimum absolute atomic E-state index is 0.608. The zero-order chi connectivity index (χ0) is 13.8. The molecule has 0 fully saturated rings. The van der Waals surface area contributed by atoms with Crippen molar-refractivity contribution in [2.24, 2.45) is 0 Å². The predicted molar refractivity (Wildman–Crippen MR) is 75.5 cm³/mol. The molecular weight excluding hydrogens is 252 g/mol. The Morgan fingerprint density at radius 2 is 1.95 bits per heavy atom. The summed E-state index contributed by atoms with van der Waals surface area (Å²) in [4.78, 5) is 4.26. The van der Waals surface area contributed by atoms with Crippen molar-refractivity contribution in [2.45, 2.75) is 13.5 Å². The van der Waals surface area contributed by atoms with Crippen LogP contribution in [-0.4, -0.2) is 25.2 Å². The number of aromatic nitrogens is 5. The van der Waals surface area contributed by atoms with E-state index >= 15 is 0 Å². The van der Waals surface area contributed by atoms with E-state index in [1.54, 1.807) is 4.68 Å². The first-order chi connectivity index (χ1) is 9.83. The molecule has 0 atom stereocenters. The van der Waals surface area contributed by atoms with Gasteiger partial charge in [-0.2, -0.15) is 4.68 Å². The highest BCUT2D eigenvalue weighted by Gasteiger charge is 2.07. The quantitative estimate of drug-likeness (QED) is 0.782. The van der Waals surface area contributed by atoms with Crippen molar-refractivity contribution in [1.29, 1.82) is 0 Å². The molecule has 0 radical (unpaired) electrons. The van der Waals surface area contributed by atoms with Crippen LogP contribution in [0.15, 0.2) is 48.7 Å². The maximum atomic E-state index is 4.26. The summed E-state index contributed by atoms with van der Waals surface area (Å²) in [5.74, 6) is 0.608. The van der Waals surface area contributed by atoms with Gasteiger partial charge in [0.05, 0.1) is 5.69 Å². The Kier molecular flexibility index (Phi) is 3.36. The van der Waals surface area contributed by atoms with E-state index in [2.05, 4.69) is 25.8 Å². The Labute approximate surface area is 116 Å². The molecule has 3 rings (SSSR count). The first-order valence-electron chi connectivity index (χ1n) is 6.32. The lowest BCUT2D eigenvalue weighted by atomic mass is 10.2. The number of pyridine rings is 1. The molecule has 0 aliphatic carbocycles. The van der Waals surface area contributed by atoms with E-state index in [4.69, 9.17) is 0 Å². The van der Waals surface area contributed by atoms with Gasteiger partial charge in [0, 0.05) is 18.4 Å². The average Bonchev–Trinajstić information content (AvgIpc) is 2.96. The highest BCUT2D eigenvalue weighted by Crippen LogP contribution is 2.11. The number of nitrogens with one attached hydrogen (secondary N) is 1. The number of tetrazole rings is 1. The molecule has 1 N–H and O–H groups in total. The van der Waals surface area contributed by atoms with Crippen LogP contribution in [0.4, 0.5) is 5.95 Å². The molecule has 0 aliphatic heterocycles.